The Kier molecular flexibility index (Phi) is 8.02. The molecule has 0 aromatic rings. The maximum absolute atomic E-state index is 11.4. The molecule has 0 aliphatic carbocycles. The van der Waals surface area contributed by atoms with Crippen LogP contribution in [0.1, 0.15) is 0 Å². The van der Waals surface area contributed by atoms with Gasteiger partial charge >= 0.3 is 8.25 Å². The molecule has 9 heteroatoms. The molecule has 2 radical (unpaired) electrons. The van der Waals surface area contributed by atoms with Gasteiger partial charge in [0, 0.05) is 24.8 Å². The van der Waals surface area contributed by atoms with Gasteiger partial charge < -0.3 is 18.9 Å². The van der Waals surface area contributed by atoms with E-state index in [0.717, 1.165) is 0 Å². The van der Waals surface area contributed by atoms with Crippen LogP contribution in [0.5, 0.6) is 0 Å². The molecule has 1 heterocycles. The summed E-state index contributed by atoms with van der Waals surface area (Å²) >= 11 is 0. The minimum atomic E-state index is -2.24. The lowest BCUT2D eigenvalue weighted by Crippen LogP contribution is -2.38. The molecule has 5 unspecified atom stereocenters. The Morgan fingerprint density at radius 1 is 1.16 bits per heavy atom. The van der Waals surface area contributed by atoms with Gasteiger partial charge in [0.25, 0.3) is 0 Å². The molecular weight excluding hydrogens is 274 g/mol. The smallest absolute Gasteiger partial charge is 0.382 e. The van der Waals surface area contributed by atoms with Crippen LogP contribution in [-0.2, 0) is 32.6 Å². The summed E-state index contributed by atoms with van der Waals surface area (Å²) in [6.07, 6.45) is -1.62. The summed E-state index contributed by atoms with van der Waals surface area (Å²) in [4.78, 5) is 0. The lowest BCUT2D eigenvalue weighted by atomic mass is 9.93. The first-order chi connectivity index (χ1) is 9.13. The number of methoxy groups -OCH3 is 2. The van der Waals surface area contributed by atoms with Gasteiger partial charge in [0.1, 0.15) is 20.1 Å². The maximum atomic E-state index is 11.4. The van der Waals surface area contributed by atoms with E-state index in [-0.39, 0.29) is 6.61 Å². The fraction of sp³-hybridized carbons (Fsp3) is 1.00. The van der Waals surface area contributed by atoms with E-state index in [1.807, 2.05) is 0 Å². The van der Waals surface area contributed by atoms with Gasteiger partial charge in [0.15, 0.2) is 6.10 Å². The first-order valence-corrected chi connectivity index (χ1v) is 6.92. The third-order valence-corrected chi connectivity index (χ3v) is 3.35. The van der Waals surface area contributed by atoms with E-state index < -0.39 is 32.6 Å². The molecule has 5 atom stereocenters. The van der Waals surface area contributed by atoms with Crippen molar-refractivity contribution in [3.63, 3.8) is 0 Å². The Labute approximate surface area is 115 Å². The Morgan fingerprint density at radius 3 is 2.47 bits per heavy atom. The van der Waals surface area contributed by atoms with Gasteiger partial charge in [-0.3, -0.25) is 0 Å². The summed E-state index contributed by atoms with van der Waals surface area (Å²) in [6, 6.07) is -0.678. The zero-order valence-corrected chi connectivity index (χ0v) is 12.2. The molecule has 0 spiro atoms. The number of hydrogen-bond acceptors (Lipinski definition) is 7. The van der Waals surface area contributed by atoms with Crippen LogP contribution in [0.25, 0.3) is 0 Å². The van der Waals surface area contributed by atoms with Crippen LogP contribution in [0, 0.1) is 0 Å². The van der Waals surface area contributed by atoms with Gasteiger partial charge in [-0.1, -0.05) is 0 Å². The number of rotatable bonds is 9. The minimum Gasteiger partial charge on any atom is -0.382 e. The molecular formula is C10H19BO7P+. The molecule has 0 bridgehead atoms. The van der Waals surface area contributed by atoms with Crippen LogP contribution in [0.3, 0.4) is 0 Å². The van der Waals surface area contributed by atoms with E-state index in [2.05, 4.69) is 4.52 Å². The van der Waals surface area contributed by atoms with Crippen LogP contribution < -0.4 is 0 Å². The first-order valence-electron chi connectivity index (χ1n) is 5.82. The zero-order valence-electron chi connectivity index (χ0n) is 11.3. The molecule has 0 saturated carbocycles. The van der Waals surface area contributed by atoms with Gasteiger partial charge in [-0.15, -0.1) is 9.05 Å². The molecule has 7 nitrogen and oxygen atoms in total. The van der Waals surface area contributed by atoms with Crippen LogP contribution in [0.15, 0.2) is 0 Å². The molecule has 0 amide bonds. The summed E-state index contributed by atoms with van der Waals surface area (Å²) in [6.45, 7) is 1.01. The molecule has 1 aliphatic heterocycles. The first kappa shape index (κ1) is 17.0. The molecule has 1 rings (SSSR count). The number of hydrogen-bond donors (Lipinski definition) is 0. The molecule has 1 fully saturated rings. The average molecular weight is 293 g/mol. The molecule has 0 aromatic carbocycles. The van der Waals surface area contributed by atoms with E-state index in [4.69, 9.17) is 31.3 Å². The van der Waals surface area contributed by atoms with Crippen molar-refractivity contribution >= 4 is 16.1 Å². The Bertz CT molecular complexity index is 281. The van der Waals surface area contributed by atoms with Crippen LogP contribution in [0.2, 0.25) is 0 Å². The molecule has 108 valence electrons. The molecule has 0 N–H and O–H groups in total. The van der Waals surface area contributed by atoms with Gasteiger partial charge in [-0.05, 0) is 0 Å². The van der Waals surface area contributed by atoms with Crippen molar-refractivity contribution in [2.75, 3.05) is 41.2 Å². The fourth-order valence-corrected chi connectivity index (χ4v) is 2.32. The highest BCUT2D eigenvalue weighted by Crippen LogP contribution is 2.34. The van der Waals surface area contributed by atoms with Crippen molar-refractivity contribution in [2.45, 2.75) is 24.3 Å². The van der Waals surface area contributed by atoms with E-state index in [0.29, 0.717) is 13.2 Å². The highest BCUT2D eigenvalue weighted by molar-refractivity contribution is 7.33. The monoisotopic (exact) mass is 293 g/mol. The SMILES string of the molecule is [B]C1OC(COC)C(O[P+](=O)OC)C1OCCOC. The largest absolute Gasteiger partial charge is 0.697 e. The van der Waals surface area contributed by atoms with Crippen LogP contribution >= 0.6 is 8.25 Å². The van der Waals surface area contributed by atoms with Crippen LogP contribution in [0.4, 0.5) is 0 Å². The molecule has 0 aromatic heterocycles. The lowest BCUT2D eigenvalue weighted by molar-refractivity contribution is -0.0349. The topological polar surface area (TPSA) is 72.5 Å². The maximum Gasteiger partial charge on any atom is 0.697 e. The quantitative estimate of drug-likeness (QED) is 0.343. The highest BCUT2D eigenvalue weighted by Gasteiger charge is 2.48. The van der Waals surface area contributed by atoms with Crippen LogP contribution in [-0.4, -0.2) is 73.3 Å². The van der Waals surface area contributed by atoms with E-state index in [1.54, 1.807) is 7.11 Å². The van der Waals surface area contributed by atoms with Gasteiger partial charge in [-0.2, -0.15) is 0 Å². The third kappa shape index (κ3) is 5.08. The Balaban J connectivity index is 2.64. The zero-order chi connectivity index (χ0) is 14.3. The molecule has 1 saturated heterocycles. The predicted molar refractivity (Wildman–Crippen MR) is 67.4 cm³/mol. The second-order valence-corrected chi connectivity index (χ2v) is 4.92. The third-order valence-electron chi connectivity index (χ3n) is 2.63. The number of ether oxygens (including phenoxy) is 4. The van der Waals surface area contributed by atoms with Gasteiger partial charge in [-0.25, -0.2) is 0 Å². The van der Waals surface area contributed by atoms with Crippen molar-refractivity contribution in [2.24, 2.45) is 0 Å². The van der Waals surface area contributed by atoms with Crippen molar-refractivity contribution < 1.29 is 32.6 Å². The van der Waals surface area contributed by atoms with E-state index >= 15 is 0 Å². The van der Waals surface area contributed by atoms with Gasteiger partial charge in [0.2, 0.25) is 0 Å². The standard InChI is InChI=1S/C10H19BO7P/c1-13-4-5-16-9-8(18-19(12)15-3)7(6-14-2)17-10(9)11/h7-10H,4-6H2,1-3H3/q+1. The Hall–Kier alpha value is -0.0751. The summed E-state index contributed by atoms with van der Waals surface area (Å²) in [5, 5.41) is 0. The molecule has 19 heavy (non-hydrogen) atoms. The van der Waals surface area contributed by atoms with Crippen molar-refractivity contribution in [1.82, 2.24) is 0 Å². The van der Waals surface area contributed by atoms with Gasteiger partial charge in [0.05, 0.1) is 26.9 Å². The summed E-state index contributed by atoms with van der Waals surface area (Å²) < 4.78 is 42.2. The second kappa shape index (κ2) is 8.97. The molecule has 1 aliphatic rings. The summed E-state index contributed by atoms with van der Waals surface area (Å²) in [7, 11) is 7.98. The lowest BCUT2D eigenvalue weighted by Gasteiger charge is -2.18. The average Bonchev–Trinajstić information content (AvgIpc) is 2.67. The van der Waals surface area contributed by atoms with E-state index in [1.165, 1.54) is 14.2 Å². The summed E-state index contributed by atoms with van der Waals surface area (Å²) in [5.41, 5.74) is 0. The van der Waals surface area contributed by atoms with Crippen molar-refractivity contribution in [3.05, 3.63) is 0 Å². The van der Waals surface area contributed by atoms with Crippen molar-refractivity contribution in [3.8, 4) is 0 Å². The second-order valence-electron chi connectivity index (χ2n) is 3.90. The minimum absolute atomic E-state index is 0.259. The predicted octanol–water partition coefficient (Wildman–Crippen LogP) is 0.247. The van der Waals surface area contributed by atoms with Crippen molar-refractivity contribution in [1.29, 1.82) is 0 Å². The highest BCUT2D eigenvalue weighted by atomic mass is 31.1. The van der Waals surface area contributed by atoms with E-state index in [9.17, 15) is 4.57 Å². The fourth-order valence-electron chi connectivity index (χ4n) is 1.78. The summed E-state index contributed by atoms with van der Waals surface area (Å²) in [5.74, 6) is 0. The Morgan fingerprint density at radius 2 is 1.89 bits per heavy atom. The normalized spacial score (nSPS) is 31.6.